The van der Waals surface area contributed by atoms with Gasteiger partial charge in [0.25, 0.3) is 0 Å². The zero-order valence-electron chi connectivity index (χ0n) is 15.2. The molecule has 7 nitrogen and oxygen atoms in total. The molecule has 5 rings (SSSR count). The number of carbonyl (C=O) groups excluding carboxylic acids is 1. The van der Waals surface area contributed by atoms with Crippen molar-refractivity contribution < 1.29 is 9.21 Å². The number of anilines is 1. The van der Waals surface area contributed by atoms with E-state index in [1.807, 2.05) is 24.3 Å². The lowest BCUT2D eigenvalue weighted by Crippen LogP contribution is -2.40. The van der Waals surface area contributed by atoms with Crippen LogP contribution in [0.1, 0.15) is 18.4 Å². The van der Waals surface area contributed by atoms with Gasteiger partial charge in [-0.2, -0.15) is 8.75 Å². The van der Waals surface area contributed by atoms with E-state index in [1.54, 1.807) is 12.5 Å². The summed E-state index contributed by atoms with van der Waals surface area (Å²) in [5, 5.41) is 4.14. The van der Waals surface area contributed by atoms with Crippen molar-refractivity contribution in [2.45, 2.75) is 19.4 Å². The molecule has 1 aliphatic rings. The number of hydrogen-bond donors (Lipinski definition) is 1. The van der Waals surface area contributed by atoms with E-state index >= 15 is 0 Å². The first kappa shape index (κ1) is 17.1. The third-order valence-corrected chi connectivity index (χ3v) is 5.85. The molecule has 3 aromatic heterocycles. The molecular formula is C20H19N5O2S. The van der Waals surface area contributed by atoms with Gasteiger partial charge in [0.2, 0.25) is 5.91 Å². The van der Waals surface area contributed by atoms with Gasteiger partial charge in [0, 0.05) is 37.1 Å². The maximum absolute atomic E-state index is 12.6. The minimum atomic E-state index is 0.0415. The fourth-order valence-corrected chi connectivity index (χ4v) is 4.29. The van der Waals surface area contributed by atoms with E-state index in [0.29, 0.717) is 12.2 Å². The summed E-state index contributed by atoms with van der Waals surface area (Å²) in [6.45, 7) is 2.20. The molecule has 1 aliphatic heterocycles. The lowest BCUT2D eigenvalue weighted by molar-refractivity contribution is -0.125. The quantitative estimate of drug-likeness (QED) is 0.572. The van der Waals surface area contributed by atoms with Gasteiger partial charge in [-0.15, -0.1) is 0 Å². The minimum Gasteiger partial charge on any atom is -0.464 e. The number of nitrogens with zero attached hydrogens (tertiary/aromatic N) is 4. The van der Waals surface area contributed by atoms with Crippen LogP contribution < -0.4 is 10.2 Å². The highest BCUT2D eigenvalue weighted by Gasteiger charge is 2.26. The van der Waals surface area contributed by atoms with Gasteiger partial charge in [0.15, 0.2) is 5.65 Å². The minimum absolute atomic E-state index is 0.0415. The number of piperidine rings is 1. The average Bonchev–Trinajstić information content (AvgIpc) is 3.40. The van der Waals surface area contributed by atoms with Crippen LogP contribution in [0.25, 0.3) is 22.1 Å². The fraction of sp³-hybridized carbons (Fsp3) is 0.300. The van der Waals surface area contributed by atoms with E-state index in [-0.39, 0.29) is 11.8 Å². The lowest BCUT2D eigenvalue weighted by Gasteiger charge is -2.32. The first-order valence-corrected chi connectivity index (χ1v) is 10.1. The van der Waals surface area contributed by atoms with Crippen LogP contribution in [0.15, 0.2) is 47.2 Å². The van der Waals surface area contributed by atoms with Crippen LogP contribution in [0, 0.1) is 5.92 Å². The number of aromatic nitrogens is 3. The Bertz CT molecular complexity index is 1130. The Balaban J connectivity index is 1.19. The summed E-state index contributed by atoms with van der Waals surface area (Å²) in [5.41, 5.74) is 4.55. The molecule has 0 spiro atoms. The Morgan fingerprint density at radius 2 is 2.11 bits per heavy atom. The predicted molar refractivity (Wildman–Crippen MR) is 108 cm³/mol. The Morgan fingerprint density at radius 3 is 3.00 bits per heavy atom. The van der Waals surface area contributed by atoms with Crippen LogP contribution in [0.5, 0.6) is 0 Å². The number of carbonyl (C=O) groups is 1. The summed E-state index contributed by atoms with van der Waals surface area (Å²) in [6, 6.07) is 9.90. The third kappa shape index (κ3) is 3.20. The molecule has 0 aliphatic carbocycles. The summed E-state index contributed by atoms with van der Waals surface area (Å²) in [5.74, 6) is 0.168. The van der Waals surface area contributed by atoms with Gasteiger partial charge < -0.3 is 14.6 Å². The highest BCUT2D eigenvalue weighted by atomic mass is 32.1. The SMILES string of the molecule is O=C(NCc1ccc2occc2c1)C1CCN(c2ccnc3nsnc23)CC1. The van der Waals surface area contributed by atoms with Gasteiger partial charge in [-0.05, 0) is 42.7 Å². The molecule has 4 heterocycles. The molecule has 8 heteroatoms. The van der Waals surface area contributed by atoms with Crippen LogP contribution in [-0.2, 0) is 11.3 Å². The van der Waals surface area contributed by atoms with Crippen molar-refractivity contribution in [3.8, 4) is 0 Å². The standard InChI is InChI=1S/C20H19N5O2S/c26-20(22-12-13-1-2-17-15(11-13)6-10-27-17)14-4-8-25(9-5-14)16-3-7-21-19-18(16)23-28-24-19/h1-3,6-7,10-11,14H,4-5,8-9,12H2,(H,22,26). The van der Waals surface area contributed by atoms with E-state index < -0.39 is 0 Å². The van der Waals surface area contributed by atoms with Crippen molar-refractivity contribution in [1.82, 2.24) is 19.0 Å². The van der Waals surface area contributed by atoms with Gasteiger partial charge in [-0.25, -0.2) is 4.98 Å². The molecule has 0 unspecified atom stereocenters. The summed E-state index contributed by atoms with van der Waals surface area (Å²) < 4.78 is 13.9. The second-order valence-corrected chi connectivity index (χ2v) is 7.57. The van der Waals surface area contributed by atoms with E-state index in [1.165, 1.54) is 11.7 Å². The predicted octanol–water partition coefficient (Wildman–Crippen LogP) is 3.37. The Hall–Kier alpha value is -3.00. The van der Waals surface area contributed by atoms with Gasteiger partial charge in [-0.1, -0.05) is 6.07 Å². The summed E-state index contributed by atoms with van der Waals surface area (Å²) in [6.07, 6.45) is 5.11. The lowest BCUT2D eigenvalue weighted by atomic mass is 9.95. The summed E-state index contributed by atoms with van der Waals surface area (Å²) in [4.78, 5) is 19.1. The maximum atomic E-state index is 12.6. The Morgan fingerprint density at radius 1 is 1.21 bits per heavy atom. The van der Waals surface area contributed by atoms with Crippen molar-refractivity contribution >= 4 is 45.5 Å². The number of benzene rings is 1. The normalized spacial score (nSPS) is 15.4. The van der Waals surface area contributed by atoms with Crippen LogP contribution >= 0.6 is 11.7 Å². The van der Waals surface area contributed by atoms with Crippen LogP contribution in [0.3, 0.4) is 0 Å². The molecule has 1 fully saturated rings. The second kappa shape index (κ2) is 7.20. The van der Waals surface area contributed by atoms with Crippen molar-refractivity contribution in [2.24, 2.45) is 5.92 Å². The molecule has 0 radical (unpaired) electrons. The molecule has 142 valence electrons. The average molecular weight is 393 g/mol. The number of rotatable bonds is 4. The summed E-state index contributed by atoms with van der Waals surface area (Å²) >= 11 is 1.18. The largest absolute Gasteiger partial charge is 0.464 e. The highest BCUT2D eigenvalue weighted by molar-refractivity contribution is 7.00. The molecule has 0 atom stereocenters. The van der Waals surface area contributed by atoms with Crippen LogP contribution in [0.2, 0.25) is 0 Å². The topological polar surface area (TPSA) is 84.2 Å². The molecule has 28 heavy (non-hydrogen) atoms. The van der Waals surface area contributed by atoms with Crippen molar-refractivity contribution in [2.75, 3.05) is 18.0 Å². The highest BCUT2D eigenvalue weighted by Crippen LogP contribution is 2.28. The molecule has 1 amide bonds. The number of amides is 1. The Labute approximate surface area is 165 Å². The second-order valence-electron chi connectivity index (χ2n) is 7.04. The van der Waals surface area contributed by atoms with Gasteiger partial charge in [0.05, 0.1) is 23.7 Å². The number of nitrogens with one attached hydrogen (secondary N) is 1. The zero-order valence-corrected chi connectivity index (χ0v) is 16.0. The van der Waals surface area contributed by atoms with E-state index in [2.05, 4.69) is 30.0 Å². The molecule has 1 N–H and O–H groups in total. The smallest absolute Gasteiger partial charge is 0.223 e. The van der Waals surface area contributed by atoms with Gasteiger partial charge in [-0.3, -0.25) is 4.79 Å². The van der Waals surface area contributed by atoms with Gasteiger partial charge in [0.1, 0.15) is 11.1 Å². The molecule has 1 saturated heterocycles. The van der Waals surface area contributed by atoms with Crippen LogP contribution in [0.4, 0.5) is 5.69 Å². The summed E-state index contributed by atoms with van der Waals surface area (Å²) in [7, 11) is 0. The van der Waals surface area contributed by atoms with Crippen molar-refractivity contribution in [1.29, 1.82) is 0 Å². The zero-order chi connectivity index (χ0) is 18.9. The number of hydrogen-bond acceptors (Lipinski definition) is 7. The molecule has 1 aromatic carbocycles. The van der Waals surface area contributed by atoms with Gasteiger partial charge >= 0.3 is 0 Å². The molecule has 4 aromatic rings. The van der Waals surface area contributed by atoms with E-state index in [9.17, 15) is 4.79 Å². The van der Waals surface area contributed by atoms with Crippen molar-refractivity contribution in [3.63, 3.8) is 0 Å². The number of pyridine rings is 1. The molecule has 0 bridgehead atoms. The fourth-order valence-electron chi connectivity index (χ4n) is 3.78. The maximum Gasteiger partial charge on any atom is 0.223 e. The van der Waals surface area contributed by atoms with Crippen LogP contribution in [-0.4, -0.2) is 32.7 Å². The molecule has 0 saturated carbocycles. The number of fused-ring (bicyclic) bond motifs is 2. The number of furan rings is 1. The molecular weight excluding hydrogens is 374 g/mol. The van der Waals surface area contributed by atoms with Crippen molar-refractivity contribution in [3.05, 3.63) is 48.4 Å². The monoisotopic (exact) mass is 393 g/mol. The first-order chi connectivity index (χ1) is 13.8. The Kier molecular flexibility index (Phi) is 4.40. The van der Waals surface area contributed by atoms with E-state index in [0.717, 1.165) is 53.7 Å². The van der Waals surface area contributed by atoms with E-state index in [4.69, 9.17) is 4.42 Å². The third-order valence-electron chi connectivity index (χ3n) is 5.33. The first-order valence-electron chi connectivity index (χ1n) is 9.34.